The van der Waals surface area contributed by atoms with Crippen LogP contribution >= 0.6 is 0 Å². The van der Waals surface area contributed by atoms with E-state index < -0.39 is 5.97 Å². The van der Waals surface area contributed by atoms with E-state index in [1.165, 1.54) is 44.8 Å². The number of amides is 1. The maximum Gasteiger partial charge on any atom is 0.303 e. The first kappa shape index (κ1) is 26.0. The molecule has 7 heteroatoms. The van der Waals surface area contributed by atoms with Gasteiger partial charge in [-0.3, -0.25) is 9.59 Å². The average molecular weight is 509 g/mol. The second-order valence-electron chi connectivity index (χ2n) is 11.2. The van der Waals surface area contributed by atoms with E-state index in [1.54, 1.807) is 0 Å². The summed E-state index contributed by atoms with van der Waals surface area (Å²) in [5.74, 6) is 0.701. The van der Waals surface area contributed by atoms with E-state index in [0.717, 1.165) is 49.1 Å². The molecule has 2 aromatic rings. The molecule has 1 aromatic carbocycles. The van der Waals surface area contributed by atoms with Gasteiger partial charge in [-0.25, -0.2) is 4.98 Å². The molecule has 0 radical (unpaired) electrons. The van der Waals surface area contributed by atoms with Gasteiger partial charge >= 0.3 is 5.97 Å². The SMILES string of the molecule is O=C(O)CCc1ccccc1C[C@@H]1[C@H](c2nc(C(=O)NCCCCC3CCCCC3)co2)[C@@H]2CC[C@H]1O2. The second-order valence-corrected chi connectivity index (χ2v) is 11.2. The Morgan fingerprint density at radius 3 is 2.59 bits per heavy atom. The van der Waals surface area contributed by atoms with Gasteiger partial charge in [0.05, 0.1) is 18.1 Å². The number of aromatic nitrogens is 1. The van der Waals surface area contributed by atoms with E-state index in [1.807, 2.05) is 18.2 Å². The number of rotatable bonds is 12. The highest BCUT2D eigenvalue weighted by atomic mass is 16.5. The summed E-state index contributed by atoms with van der Waals surface area (Å²) in [7, 11) is 0. The molecule has 4 atom stereocenters. The van der Waals surface area contributed by atoms with Crippen LogP contribution in [0.25, 0.3) is 0 Å². The van der Waals surface area contributed by atoms with Crippen molar-refractivity contribution in [3.63, 3.8) is 0 Å². The normalized spacial score (nSPS) is 25.4. The lowest BCUT2D eigenvalue weighted by molar-refractivity contribution is -0.136. The molecule has 3 aliphatic rings. The van der Waals surface area contributed by atoms with Crippen molar-refractivity contribution in [1.82, 2.24) is 10.3 Å². The van der Waals surface area contributed by atoms with E-state index in [4.69, 9.17) is 14.3 Å². The van der Waals surface area contributed by atoms with Crippen molar-refractivity contribution in [3.8, 4) is 0 Å². The molecule has 2 saturated heterocycles. The number of aliphatic carboxylic acids is 1. The van der Waals surface area contributed by atoms with E-state index in [-0.39, 0.29) is 36.4 Å². The van der Waals surface area contributed by atoms with Crippen molar-refractivity contribution < 1.29 is 23.8 Å². The van der Waals surface area contributed by atoms with Gasteiger partial charge in [-0.15, -0.1) is 0 Å². The molecule has 5 rings (SSSR count). The molecule has 2 N–H and O–H groups in total. The number of ether oxygens (including phenoxy) is 1. The number of carboxylic acids is 1. The van der Waals surface area contributed by atoms with Crippen LogP contribution in [0, 0.1) is 11.8 Å². The third kappa shape index (κ3) is 6.43. The fourth-order valence-electron chi connectivity index (χ4n) is 6.74. The molecule has 3 fully saturated rings. The molecule has 3 heterocycles. The average Bonchev–Trinajstić information content (AvgIpc) is 3.65. The van der Waals surface area contributed by atoms with Gasteiger partial charge in [0, 0.05) is 18.9 Å². The van der Waals surface area contributed by atoms with E-state index in [9.17, 15) is 9.59 Å². The van der Waals surface area contributed by atoms with E-state index in [0.29, 0.717) is 24.6 Å². The zero-order valence-corrected chi connectivity index (χ0v) is 21.7. The Morgan fingerprint density at radius 2 is 1.78 bits per heavy atom. The molecular formula is C30H40N2O5. The number of carboxylic acid groups (broad SMARTS) is 1. The number of hydrogen-bond donors (Lipinski definition) is 2. The summed E-state index contributed by atoms with van der Waals surface area (Å²) in [5, 5.41) is 12.2. The molecule has 1 aliphatic carbocycles. The van der Waals surface area contributed by atoms with Gasteiger partial charge in [0.15, 0.2) is 5.69 Å². The largest absolute Gasteiger partial charge is 0.481 e. The lowest BCUT2D eigenvalue weighted by atomic mass is 9.75. The molecule has 1 amide bonds. The Hall–Kier alpha value is -2.67. The van der Waals surface area contributed by atoms with Crippen LogP contribution in [-0.2, 0) is 22.4 Å². The quantitative estimate of drug-likeness (QED) is 0.358. The Labute approximate surface area is 219 Å². The number of benzene rings is 1. The van der Waals surface area contributed by atoms with Gasteiger partial charge < -0.3 is 19.6 Å². The summed E-state index contributed by atoms with van der Waals surface area (Å²) in [6.07, 6.45) is 15.4. The molecule has 1 saturated carbocycles. The molecule has 37 heavy (non-hydrogen) atoms. The highest BCUT2D eigenvalue weighted by Crippen LogP contribution is 2.50. The molecule has 2 bridgehead atoms. The number of aryl methyl sites for hydroxylation is 1. The number of nitrogens with zero attached hydrogens (tertiary/aromatic N) is 1. The first-order valence-corrected chi connectivity index (χ1v) is 14.3. The molecular weight excluding hydrogens is 468 g/mol. The van der Waals surface area contributed by atoms with Crippen molar-refractivity contribution >= 4 is 11.9 Å². The minimum absolute atomic E-state index is 0.00308. The van der Waals surface area contributed by atoms with Gasteiger partial charge in [-0.05, 0) is 49.1 Å². The predicted octanol–water partition coefficient (Wildman–Crippen LogP) is 5.68. The zero-order valence-electron chi connectivity index (χ0n) is 21.7. The van der Waals surface area contributed by atoms with Gasteiger partial charge in [-0.1, -0.05) is 69.2 Å². The number of fused-ring (bicyclic) bond motifs is 2. The minimum Gasteiger partial charge on any atom is -0.481 e. The topological polar surface area (TPSA) is 102 Å². The second kappa shape index (κ2) is 12.2. The smallest absolute Gasteiger partial charge is 0.303 e. The Balaban J connectivity index is 1.17. The number of unbranched alkanes of at least 4 members (excludes halogenated alkanes) is 1. The van der Waals surface area contributed by atoms with Crippen molar-refractivity contribution in [2.24, 2.45) is 11.8 Å². The summed E-state index contributed by atoms with van der Waals surface area (Å²) in [6, 6.07) is 8.07. The van der Waals surface area contributed by atoms with Crippen LogP contribution in [-0.4, -0.2) is 40.7 Å². The Bertz CT molecular complexity index is 1060. The molecule has 1 aromatic heterocycles. The van der Waals surface area contributed by atoms with Crippen LogP contribution in [0.15, 0.2) is 34.9 Å². The minimum atomic E-state index is -0.786. The summed E-state index contributed by atoms with van der Waals surface area (Å²) in [5.41, 5.74) is 2.57. The van der Waals surface area contributed by atoms with Crippen LogP contribution in [0.4, 0.5) is 0 Å². The summed E-state index contributed by atoms with van der Waals surface area (Å²) in [6.45, 7) is 0.667. The Morgan fingerprint density at radius 1 is 1.00 bits per heavy atom. The fourth-order valence-corrected chi connectivity index (χ4v) is 6.74. The number of carbonyl (C=O) groups excluding carboxylic acids is 1. The molecule has 200 valence electrons. The summed E-state index contributed by atoms with van der Waals surface area (Å²) in [4.78, 5) is 28.5. The number of oxazole rings is 1. The lowest BCUT2D eigenvalue weighted by Crippen LogP contribution is -2.28. The van der Waals surface area contributed by atoms with E-state index >= 15 is 0 Å². The summed E-state index contributed by atoms with van der Waals surface area (Å²) < 4.78 is 12.2. The predicted molar refractivity (Wildman–Crippen MR) is 139 cm³/mol. The number of carbonyl (C=O) groups is 2. The Kier molecular flexibility index (Phi) is 8.59. The van der Waals surface area contributed by atoms with Crippen LogP contribution < -0.4 is 5.32 Å². The number of hydrogen-bond acceptors (Lipinski definition) is 5. The molecule has 7 nitrogen and oxygen atoms in total. The monoisotopic (exact) mass is 508 g/mol. The van der Waals surface area contributed by atoms with Crippen LogP contribution in [0.3, 0.4) is 0 Å². The third-order valence-corrected chi connectivity index (χ3v) is 8.70. The van der Waals surface area contributed by atoms with Crippen molar-refractivity contribution in [3.05, 3.63) is 53.2 Å². The highest BCUT2D eigenvalue weighted by Gasteiger charge is 2.51. The van der Waals surface area contributed by atoms with Gasteiger partial charge in [0.25, 0.3) is 5.91 Å². The van der Waals surface area contributed by atoms with Crippen molar-refractivity contribution in [2.75, 3.05) is 6.54 Å². The standard InChI is InChI=1S/C30H40N2O5/c33-27(34)16-13-21-11-4-5-12-22(21)18-23-25-14-15-26(37-25)28(23)30-32-24(19-36-30)29(35)31-17-7-6-10-20-8-2-1-3-9-20/h4-5,11-12,19-20,23,25-26,28H,1-3,6-10,13-18H2,(H,31,35)(H,33,34)/t23-,25+,26-,28-/m0/s1. The van der Waals surface area contributed by atoms with Crippen molar-refractivity contribution in [2.45, 2.75) is 102 Å². The van der Waals surface area contributed by atoms with Crippen LogP contribution in [0.2, 0.25) is 0 Å². The fraction of sp³-hybridized carbons (Fsp3) is 0.633. The molecule has 0 spiro atoms. The first-order chi connectivity index (χ1) is 18.1. The summed E-state index contributed by atoms with van der Waals surface area (Å²) >= 11 is 0. The van der Waals surface area contributed by atoms with E-state index in [2.05, 4.69) is 16.4 Å². The van der Waals surface area contributed by atoms with Gasteiger partial charge in [-0.2, -0.15) is 0 Å². The molecule has 2 aliphatic heterocycles. The zero-order chi connectivity index (χ0) is 25.6. The highest BCUT2D eigenvalue weighted by molar-refractivity contribution is 5.91. The maximum absolute atomic E-state index is 12.7. The van der Waals surface area contributed by atoms with Crippen LogP contribution in [0.5, 0.6) is 0 Å². The first-order valence-electron chi connectivity index (χ1n) is 14.3. The van der Waals surface area contributed by atoms with Gasteiger partial charge in [0.2, 0.25) is 5.89 Å². The maximum atomic E-state index is 12.7. The third-order valence-electron chi connectivity index (χ3n) is 8.70. The van der Waals surface area contributed by atoms with Crippen molar-refractivity contribution in [1.29, 1.82) is 0 Å². The van der Waals surface area contributed by atoms with Crippen LogP contribution in [0.1, 0.15) is 104 Å². The van der Waals surface area contributed by atoms with Gasteiger partial charge in [0.1, 0.15) is 6.26 Å². The molecule has 0 unspecified atom stereocenters. The lowest BCUT2D eigenvalue weighted by Gasteiger charge is -2.26. The number of nitrogens with one attached hydrogen (secondary N) is 1.